The second-order valence-electron chi connectivity index (χ2n) is 19.7. The van der Waals surface area contributed by atoms with Crippen LogP contribution in [-0.2, 0) is 23.7 Å². The van der Waals surface area contributed by atoms with Gasteiger partial charge in [-0.05, 0) is 44.9 Å². The van der Waals surface area contributed by atoms with E-state index in [-0.39, 0.29) is 12.5 Å². The number of ether oxygens (including phenoxy) is 4. The molecule has 0 radical (unpaired) electrons. The Morgan fingerprint density at radius 3 is 1.47 bits per heavy atom. The van der Waals surface area contributed by atoms with Crippen LogP contribution < -0.4 is 5.32 Å². The zero-order valence-electron chi connectivity index (χ0n) is 42.6. The molecule has 0 aromatic carbocycles. The number of carbonyl (C=O) groups excluding carboxylic acids is 1. The predicted molar refractivity (Wildman–Crippen MR) is 268 cm³/mol. The third kappa shape index (κ3) is 27.3. The van der Waals surface area contributed by atoms with Gasteiger partial charge in [-0.25, -0.2) is 0 Å². The fourth-order valence-electron chi connectivity index (χ4n) is 9.15. The summed E-state index contributed by atoms with van der Waals surface area (Å²) in [4.78, 5) is 13.2. The van der Waals surface area contributed by atoms with Crippen molar-refractivity contribution >= 4 is 5.91 Å². The van der Waals surface area contributed by atoms with E-state index in [1.165, 1.54) is 135 Å². The van der Waals surface area contributed by atoms with E-state index < -0.39 is 86.8 Å². The van der Waals surface area contributed by atoms with Crippen molar-refractivity contribution in [3.05, 3.63) is 24.3 Å². The molecule has 14 nitrogen and oxygen atoms in total. The van der Waals surface area contributed by atoms with Crippen molar-refractivity contribution in [2.75, 3.05) is 19.8 Å². The molecule has 2 aliphatic rings. The van der Waals surface area contributed by atoms with Crippen LogP contribution in [0, 0.1) is 0 Å². The van der Waals surface area contributed by atoms with E-state index in [0.29, 0.717) is 12.8 Å². The molecular formula is C54H101NO13. The molecule has 0 saturated carbocycles. The van der Waals surface area contributed by atoms with Gasteiger partial charge in [-0.15, -0.1) is 0 Å². The van der Waals surface area contributed by atoms with Crippen LogP contribution in [0.3, 0.4) is 0 Å². The molecule has 0 bridgehead atoms. The van der Waals surface area contributed by atoms with Crippen LogP contribution in [0.2, 0.25) is 0 Å². The summed E-state index contributed by atoms with van der Waals surface area (Å²) in [6.07, 6.45) is 29.4. The Hall–Kier alpha value is -1.53. The van der Waals surface area contributed by atoms with E-state index in [1.807, 2.05) is 0 Å². The molecule has 9 N–H and O–H groups in total. The lowest BCUT2D eigenvalue weighted by Gasteiger charge is -2.46. The number of aliphatic hydroxyl groups excluding tert-OH is 8. The Kier molecular flexibility index (Phi) is 37.7. The summed E-state index contributed by atoms with van der Waals surface area (Å²) in [6, 6.07) is -0.823. The first-order valence-corrected chi connectivity index (χ1v) is 27.6. The summed E-state index contributed by atoms with van der Waals surface area (Å²) >= 11 is 0. The largest absolute Gasteiger partial charge is 0.394 e. The van der Waals surface area contributed by atoms with Crippen molar-refractivity contribution in [1.82, 2.24) is 5.32 Å². The van der Waals surface area contributed by atoms with Gasteiger partial charge in [0.1, 0.15) is 48.8 Å². The minimum Gasteiger partial charge on any atom is -0.394 e. The van der Waals surface area contributed by atoms with Crippen LogP contribution in [0.5, 0.6) is 0 Å². The average molecular weight is 972 g/mol. The van der Waals surface area contributed by atoms with E-state index >= 15 is 0 Å². The standard InChI is InChI=1S/C54H101NO13/c1-3-5-7-9-11-12-13-14-15-16-17-18-19-20-21-22-23-24-25-26-27-28-29-30-32-34-36-38-46(59)55-42(43(58)37-35-33-31-10-8-6-4-2)41-65-53-51(64)49(62)52(45(40-57)67-53)68-54-50(63)48(61)47(60)44(39-56)66-54/h13-14,16-17,42-45,47-54,56-58,60-64H,3-12,15,18-41H2,1-2H3,(H,55,59)/b14-13-,17-16-. The third-order valence-electron chi connectivity index (χ3n) is 13.7. The average Bonchev–Trinajstić information content (AvgIpc) is 3.34. The highest BCUT2D eigenvalue weighted by molar-refractivity contribution is 5.76. The quantitative estimate of drug-likeness (QED) is 0.0208. The maximum Gasteiger partial charge on any atom is 0.220 e. The van der Waals surface area contributed by atoms with Crippen molar-refractivity contribution in [2.45, 2.75) is 293 Å². The molecule has 12 atom stereocenters. The number of hydrogen-bond donors (Lipinski definition) is 9. The molecule has 14 heteroatoms. The fourth-order valence-corrected chi connectivity index (χ4v) is 9.15. The van der Waals surface area contributed by atoms with Gasteiger partial charge in [0.25, 0.3) is 0 Å². The minimum absolute atomic E-state index is 0.210. The van der Waals surface area contributed by atoms with Crippen LogP contribution in [-0.4, -0.2) is 140 Å². The second kappa shape index (κ2) is 41.0. The summed E-state index contributed by atoms with van der Waals surface area (Å²) < 4.78 is 22.7. The summed E-state index contributed by atoms with van der Waals surface area (Å²) in [6.45, 7) is 2.79. The lowest BCUT2D eigenvalue weighted by Crippen LogP contribution is -2.65. The van der Waals surface area contributed by atoms with Gasteiger partial charge < -0.3 is 65.1 Å². The number of hydrogen-bond acceptors (Lipinski definition) is 13. The summed E-state index contributed by atoms with van der Waals surface area (Å²) in [5.41, 5.74) is 0. The van der Waals surface area contributed by atoms with Crippen LogP contribution in [0.25, 0.3) is 0 Å². The Morgan fingerprint density at radius 2 is 0.971 bits per heavy atom. The summed E-state index contributed by atoms with van der Waals surface area (Å²) in [5.74, 6) is -0.210. The van der Waals surface area contributed by atoms with Gasteiger partial charge in [0.05, 0.1) is 32.0 Å². The van der Waals surface area contributed by atoms with E-state index in [1.54, 1.807) is 0 Å². The lowest BCUT2D eigenvalue weighted by molar-refractivity contribution is -0.359. The maximum absolute atomic E-state index is 13.2. The Bertz CT molecular complexity index is 1240. The van der Waals surface area contributed by atoms with Crippen LogP contribution in [0.1, 0.15) is 219 Å². The molecule has 0 spiro atoms. The van der Waals surface area contributed by atoms with Crippen LogP contribution >= 0.6 is 0 Å². The molecule has 2 fully saturated rings. The zero-order chi connectivity index (χ0) is 49.6. The number of carbonyl (C=O) groups is 1. The summed E-state index contributed by atoms with van der Waals surface area (Å²) in [7, 11) is 0. The van der Waals surface area contributed by atoms with Crippen molar-refractivity contribution in [1.29, 1.82) is 0 Å². The van der Waals surface area contributed by atoms with Gasteiger partial charge in [0.2, 0.25) is 5.91 Å². The van der Waals surface area contributed by atoms with Crippen molar-refractivity contribution in [3.8, 4) is 0 Å². The number of allylic oxidation sites excluding steroid dienone is 4. The van der Waals surface area contributed by atoms with Gasteiger partial charge in [0.15, 0.2) is 12.6 Å². The molecule has 400 valence electrons. The molecule has 68 heavy (non-hydrogen) atoms. The number of aliphatic hydroxyl groups is 8. The van der Waals surface area contributed by atoms with Gasteiger partial charge in [-0.1, -0.05) is 192 Å². The number of unbranched alkanes of at least 4 members (excludes halogenated alkanes) is 26. The molecule has 2 rings (SSSR count). The summed E-state index contributed by atoms with van der Waals surface area (Å²) in [5, 5.41) is 86.7. The molecule has 0 aromatic rings. The minimum atomic E-state index is -1.78. The van der Waals surface area contributed by atoms with Crippen LogP contribution in [0.4, 0.5) is 0 Å². The first kappa shape index (κ1) is 62.6. The van der Waals surface area contributed by atoms with Gasteiger partial charge in [-0.2, -0.15) is 0 Å². The van der Waals surface area contributed by atoms with Gasteiger partial charge in [0, 0.05) is 6.42 Å². The van der Waals surface area contributed by atoms with E-state index in [2.05, 4.69) is 43.5 Å². The zero-order valence-corrected chi connectivity index (χ0v) is 42.6. The molecule has 2 heterocycles. The van der Waals surface area contributed by atoms with Crippen molar-refractivity contribution < 1.29 is 64.6 Å². The van der Waals surface area contributed by atoms with Crippen LogP contribution in [0.15, 0.2) is 24.3 Å². The van der Waals surface area contributed by atoms with Crippen molar-refractivity contribution in [2.24, 2.45) is 0 Å². The highest BCUT2D eigenvalue weighted by Crippen LogP contribution is 2.30. The maximum atomic E-state index is 13.2. The van der Waals surface area contributed by atoms with E-state index in [9.17, 15) is 45.6 Å². The second-order valence-corrected chi connectivity index (χ2v) is 19.7. The highest BCUT2D eigenvalue weighted by Gasteiger charge is 2.51. The first-order valence-electron chi connectivity index (χ1n) is 27.6. The molecule has 2 aliphatic heterocycles. The molecular weight excluding hydrogens is 871 g/mol. The van der Waals surface area contributed by atoms with E-state index in [4.69, 9.17) is 18.9 Å². The predicted octanol–water partition coefficient (Wildman–Crippen LogP) is 8.11. The smallest absolute Gasteiger partial charge is 0.220 e. The highest BCUT2D eigenvalue weighted by atomic mass is 16.7. The van der Waals surface area contributed by atoms with E-state index in [0.717, 1.165) is 57.8 Å². The Balaban J connectivity index is 1.64. The normalized spacial score (nSPS) is 26.5. The third-order valence-corrected chi connectivity index (χ3v) is 13.7. The van der Waals surface area contributed by atoms with Gasteiger partial charge >= 0.3 is 0 Å². The number of nitrogens with one attached hydrogen (secondary N) is 1. The molecule has 0 aliphatic carbocycles. The SMILES string of the molecule is CCCCCCC/C=C\C/C=C\CCCCCCCCCCCCCCCCCC(=O)NC(COC1OC(CO)C(OC2OC(CO)C(O)C(O)C2O)C(O)C1O)C(O)CCCCCCCCC. The number of amides is 1. The number of rotatable bonds is 43. The fraction of sp³-hybridized carbons (Fsp3) is 0.907. The first-order chi connectivity index (χ1) is 33.1. The monoisotopic (exact) mass is 972 g/mol. The topological polar surface area (TPSA) is 228 Å². The molecule has 12 unspecified atom stereocenters. The Labute approximate surface area is 411 Å². The van der Waals surface area contributed by atoms with Gasteiger partial charge in [-0.3, -0.25) is 4.79 Å². The molecule has 1 amide bonds. The Morgan fingerprint density at radius 1 is 0.529 bits per heavy atom. The molecule has 2 saturated heterocycles. The lowest BCUT2D eigenvalue weighted by atomic mass is 9.97. The molecule has 0 aromatic heterocycles. The van der Waals surface area contributed by atoms with Crippen molar-refractivity contribution in [3.63, 3.8) is 0 Å².